The number of carbonyl (C=O) groups is 1. The van der Waals surface area contributed by atoms with Gasteiger partial charge in [-0.25, -0.2) is 14.4 Å². The standard InChI is InChI=1S/C19H15ClFN3OS/c1-12-9-18(24-19(22-12)13-5-4-6-14(21)10-13)26-11-17(25)23-16-8-3-2-7-15(16)20/h2-10H,11H2,1H3,(H,23,25). The van der Waals surface area contributed by atoms with Crippen molar-refractivity contribution in [1.29, 1.82) is 0 Å². The molecule has 0 aliphatic heterocycles. The minimum atomic E-state index is -0.346. The molecule has 132 valence electrons. The van der Waals surface area contributed by atoms with E-state index >= 15 is 0 Å². The third kappa shape index (κ3) is 4.80. The van der Waals surface area contributed by atoms with E-state index in [4.69, 9.17) is 11.6 Å². The van der Waals surface area contributed by atoms with Crippen LogP contribution in [0.2, 0.25) is 5.02 Å². The largest absolute Gasteiger partial charge is 0.324 e. The van der Waals surface area contributed by atoms with Gasteiger partial charge in [-0.2, -0.15) is 0 Å². The molecule has 1 amide bonds. The van der Waals surface area contributed by atoms with Crippen LogP contribution in [0.3, 0.4) is 0 Å². The van der Waals surface area contributed by atoms with Gasteiger partial charge in [0.1, 0.15) is 10.8 Å². The summed E-state index contributed by atoms with van der Waals surface area (Å²) in [4.78, 5) is 20.9. The molecule has 0 bridgehead atoms. The molecule has 26 heavy (non-hydrogen) atoms. The van der Waals surface area contributed by atoms with Gasteiger partial charge in [-0.1, -0.05) is 47.6 Å². The summed E-state index contributed by atoms with van der Waals surface area (Å²) in [5.41, 5.74) is 1.91. The third-order valence-corrected chi connectivity index (χ3v) is 4.65. The van der Waals surface area contributed by atoms with Crippen molar-refractivity contribution in [3.8, 4) is 11.4 Å². The van der Waals surface area contributed by atoms with E-state index in [0.29, 0.717) is 27.1 Å². The maximum absolute atomic E-state index is 13.4. The number of anilines is 1. The molecule has 0 aliphatic rings. The van der Waals surface area contributed by atoms with E-state index < -0.39 is 0 Å². The predicted octanol–water partition coefficient (Wildman–Crippen LogP) is 4.98. The lowest BCUT2D eigenvalue weighted by Gasteiger charge is -2.08. The fourth-order valence-corrected chi connectivity index (χ4v) is 3.20. The van der Waals surface area contributed by atoms with Crippen LogP contribution in [0.4, 0.5) is 10.1 Å². The van der Waals surface area contributed by atoms with E-state index in [-0.39, 0.29) is 17.5 Å². The molecule has 0 saturated heterocycles. The van der Waals surface area contributed by atoms with Crippen LogP contribution in [-0.4, -0.2) is 21.6 Å². The predicted molar refractivity (Wildman–Crippen MR) is 103 cm³/mol. The number of aromatic nitrogens is 2. The summed E-state index contributed by atoms with van der Waals surface area (Å²) in [7, 11) is 0. The summed E-state index contributed by atoms with van der Waals surface area (Å²) in [6, 6.07) is 14.9. The Morgan fingerprint density at radius 3 is 2.73 bits per heavy atom. The lowest BCUT2D eigenvalue weighted by molar-refractivity contribution is -0.113. The summed E-state index contributed by atoms with van der Waals surface area (Å²) < 4.78 is 13.4. The number of benzene rings is 2. The third-order valence-electron chi connectivity index (χ3n) is 3.41. The number of para-hydroxylation sites is 1. The molecule has 4 nitrogen and oxygen atoms in total. The first-order chi connectivity index (χ1) is 12.5. The van der Waals surface area contributed by atoms with Crippen molar-refractivity contribution in [3.63, 3.8) is 0 Å². The molecular formula is C19H15ClFN3OS. The second kappa shape index (κ2) is 8.29. The molecule has 2 aromatic carbocycles. The zero-order valence-electron chi connectivity index (χ0n) is 13.9. The Bertz CT molecular complexity index is 952. The number of carbonyl (C=O) groups excluding carboxylic acids is 1. The number of nitrogens with zero attached hydrogens (tertiary/aromatic N) is 2. The van der Waals surface area contributed by atoms with E-state index in [9.17, 15) is 9.18 Å². The van der Waals surface area contributed by atoms with Gasteiger partial charge in [0.05, 0.1) is 16.5 Å². The number of halogens is 2. The summed E-state index contributed by atoms with van der Waals surface area (Å²) in [6.07, 6.45) is 0. The van der Waals surface area contributed by atoms with Gasteiger partial charge < -0.3 is 5.32 Å². The Balaban J connectivity index is 1.70. The maximum Gasteiger partial charge on any atom is 0.234 e. The van der Waals surface area contributed by atoms with Gasteiger partial charge in [-0.05, 0) is 37.3 Å². The first-order valence-corrected chi connectivity index (χ1v) is 9.16. The van der Waals surface area contributed by atoms with Crippen LogP contribution < -0.4 is 5.32 Å². The molecule has 0 spiro atoms. The van der Waals surface area contributed by atoms with Gasteiger partial charge in [0.15, 0.2) is 5.82 Å². The fraction of sp³-hybridized carbons (Fsp3) is 0.105. The zero-order chi connectivity index (χ0) is 18.5. The monoisotopic (exact) mass is 387 g/mol. The molecule has 3 rings (SSSR count). The van der Waals surface area contributed by atoms with Crippen molar-refractivity contribution in [2.24, 2.45) is 0 Å². The fourth-order valence-electron chi connectivity index (χ4n) is 2.26. The van der Waals surface area contributed by atoms with E-state index in [1.807, 2.05) is 6.92 Å². The van der Waals surface area contributed by atoms with Gasteiger partial charge in [0.25, 0.3) is 0 Å². The van der Waals surface area contributed by atoms with E-state index in [1.165, 1.54) is 23.9 Å². The van der Waals surface area contributed by atoms with Gasteiger partial charge >= 0.3 is 0 Å². The van der Waals surface area contributed by atoms with E-state index in [0.717, 1.165) is 5.69 Å². The smallest absolute Gasteiger partial charge is 0.234 e. The highest BCUT2D eigenvalue weighted by atomic mass is 35.5. The van der Waals surface area contributed by atoms with Crippen molar-refractivity contribution in [2.45, 2.75) is 11.9 Å². The Hall–Kier alpha value is -2.44. The Morgan fingerprint density at radius 2 is 1.96 bits per heavy atom. The minimum Gasteiger partial charge on any atom is -0.324 e. The maximum atomic E-state index is 13.4. The second-order valence-corrected chi connectivity index (χ2v) is 6.90. The first kappa shape index (κ1) is 18.4. The Kier molecular flexibility index (Phi) is 5.85. The Morgan fingerprint density at radius 1 is 1.15 bits per heavy atom. The van der Waals surface area contributed by atoms with E-state index in [1.54, 1.807) is 42.5 Å². The number of hydrogen-bond acceptors (Lipinski definition) is 4. The van der Waals surface area contributed by atoms with Gasteiger partial charge in [0, 0.05) is 11.3 Å². The molecule has 0 unspecified atom stereocenters. The van der Waals surface area contributed by atoms with Crippen LogP contribution in [-0.2, 0) is 4.79 Å². The number of hydrogen-bond donors (Lipinski definition) is 1. The second-order valence-electron chi connectivity index (χ2n) is 5.50. The molecular weight excluding hydrogens is 373 g/mol. The zero-order valence-corrected chi connectivity index (χ0v) is 15.4. The van der Waals surface area contributed by atoms with Crippen LogP contribution in [0, 0.1) is 12.7 Å². The van der Waals surface area contributed by atoms with Gasteiger partial charge in [-0.15, -0.1) is 0 Å². The highest BCUT2D eigenvalue weighted by Crippen LogP contribution is 2.24. The van der Waals surface area contributed by atoms with Gasteiger partial charge in [0.2, 0.25) is 5.91 Å². The molecule has 0 saturated carbocycles. The number of amides is 1. The molecule has 1 N–H and O–H groups in total. The molecule has 0 atom stereocenters. The Labute approximate surface area is 159 Å². The summed E-state index contributed by atoms with van der Waals surface area (Å²) >= 11 is 7.32. The average Bonchev–Trinajstić information content (AvgIpc) is 2.61. The topological polar surface area (TPSA) is 54.9 Å². The quantitative estimate of drug-likeness (QED) is 0.495. The summed E-state index contributed by atoms with van der Waals surface area (Å²) in [5, 5.41) is 3.89. The normalized spacial score (nSPS) is 10.6. The molecule has 0 aliphatic carbocycles. The van der Waals surface area contributed by atoms with Crippen molar-refractivity contribution >= 4 is 35.0 Å². The molecule has 1 aromatic heterocycles. The molecule has 7 heteroatoms. The highest BCUT2D eigenvalue weighted by Gasteiger charge is 2.10. The molecule has 3 aromatic rings. The van der Waals surface area contributed by atoms with Crippen LogP contribution in [0.1, 0.15) is 5.69 Å². The lowest BCUT2D eigenvalue weighted by atomic mass is 10.2. The number of rotatable bonds is 5. The van der Waals surface area contributed by atoms with Crippen LogP contribution in [0.15, 0.2) is 59.6 Å². The average molecular weight is 388 g/mol. The van der Waals surface area contributed by atoms with Crippen molar-refractivity contribution < 1.29 is 9.18 Å². The highest BCUT2D eigenvalue weighted by molar-refractivity contribution is 7.99. The SMILES string of the molecule is Cc1cc(SCC(=O)Nc2ccccc2Cl)nc(-c2cccc(F)c2)n1. The number of aryl methyl sites for hydroxylation is 1. The van der Waals surface area contributed by atoms with Crippen molar-refractivity contribution in [2.75, 3.05) is 11.1 Å². The van der Waals surface area contributed by atoms with Crippen molar-refractivity contribution in [1.82, 2.24) is 9.97 Å². The minimum absolute atomic E-state index is 0.171. The van der Waals surface area contributed by atoms with Gasteiger partial charge in [-0.3, -0.25) is 4.79 Å². The van der Waals surface area contributed by atoms with Crippen LogP contribution in [0.25, 0.3) is 11.4 Å². The summed E-state index contributed by atoms with van der Waals surface area (Å²) in [6.45, 7) is 1.83. The van der Waals surface area contributed by atoms with Crippen LogP contribution >= 0.6 is 23.4 Å². The molecule has 0 radical (unpaired) electrons. The van der Waals surface area contributed by atoms with Crippen molar-refractivity contribution in [3.05, 3.63) is 71.1 Å². The number of thioether (sulfide) groups is 1. The molecule has 0 fully saturated rings. The first-order valence-electron chi connectivity index (χ1n) is 7.80. The number of nitrogens with one attached hydrogen (secondary N) is 1. The van der Waals surface area contributed by atoms with E-state index in [2.05, 4.69) is 15.3 Å². The molecule has 1 heterocycles. The van der Waals surface area contributed by atoms with Crippen LogP contribution in [0.5, 0.6) is 0 Å². The lowest BCUT2D eigenvalue weighted by Crippen LogP contribution is -2.14. The summed E-state index contributed by atoms with van der Waals surface area (Å²) in [5.74, 6) is 0.0654.